The minimum Gasteiger partial charge on any atom is -0.00133 e. The van der Waals surface area contributed by atoms with Crippen LogP contribution in [0.2, 0.25) is 0 Å². The topological polar surface area (TPSA) is 0 Å². The first-order valence-electron chi connectivity index (χ1n) is 4.13. The van der Waals surface area contributed by atoms with Gasteiger partial charge in [-0.2, -0.15) is 0 Å². The Balaban J connectivity index is 3.03. The summed E-state index contributed by atoms with van der Waals surface area (Å²) < 4.78 is 0. The summed E-state index contributed by atoms with van der Waals surface area (Å²) in [6.07, 6.45) is 0. The molecule has 12 heavy (non-hydrogen) atoms. The van der Waals surface area contributed by atoms with Gasteiger partial charge in [-0.3, -0.25) is 0 Å². The highest BCUT2D eigenvalue weighted by molar-refractivity contribution is 9.14. The lowest BCUT2D eigenvalue weighted by atomic mass is 11.9. The zero-order chi connectivity index (χ0) is 9.73. The highest BCUT2D eigenvalue weighted by Crippen LogP contribution is 3.28. The van der Waals surface area contributed by atoms with Gasteiger partial charge in [0.2, 0.25) is 7.30 Å². The molecule has 1 fully saturated rings. The first-order valence-corrected chi connectivity index (χ1v) is 18.4. The fourth-order valence-electron chi connectivity index (χ4n) is 1.54. The molecule has 0 aromatic heterocycles. The largest absolute Gasteiger partial charge is 0.210 e. The molecule has 0 nitrogen and oxygen atoms in total. The Labute approximate surface area is 82.1 Å². The highest BCUT2D eigenvalue weighted by Gasteiger charge is 2.68. The van der Waals surface area contributed by atoms with E-state index in [0.717, 1.165) is 0 Å². The molecule has 0 aliphatic carbocycles. The van der Waals surface area contributed by atoms with Crippen LogP contribution >= 0.6 is 35.2 Å². The second-order valence-electron chi connectivity index (χ2n) is 4.14. The van der Waals surface area contributed by atoms with Crippen LogP contribution in [0.15, 0.2) is 0 Å². The number of hydrogen-bond acceptors (Lipinski definition) is 0. The summed E-state index contributed by atoms with van der Waals surface area (Å²) in [5.74, 6) is 0. The molecule has 5 heteroatoms. The van der Waals surface area contributed by atoms with Crippen molar-refractivity contribution in [2.75, 3.05) is 46.7 Å². The zero-order valence-electron chi connectivity index (χ0n) is 9.24. The third kappa shape index (κ3) is 1.66. The van der Waals surface area contributed by atoms with E-state index in [2.05, 4.69) is 46.7 Å². The van der Waals surface area contributed by atoms with Crippen LogP contribution in [0.3, 0.4) is 0 Å². The second-order valence-corrected chi connectivity index (χ2v) is 40.0. The monoisotopic (exact) mass is 260 g/mol. The van der Waals surface area contributed by atoms with E-state index in [1.807, 2.05) is 0 Å². The third-order valence-electron chi connectivity index (χ3n) is 3.25. The average molecular weight is 260 g/mol. The number of rotatable bonds is 0. The molecule has 1 aliphatic heterocycles. The molecular formula is C7H21P5+2. The molecule has 0 N–H and O–H groups in total. The standard InChI is InChI=1S/C7H21P5/c1-8-9(2)12(6,7)10(3)11(8,4)5/h1-7H3/q+2. The predicted octanol–water partition coefficient (Wildman–Crippen LogP) is 5.46. The molecule has 0 aromatic carbocycles. The first kappa shape index (κ1) is 12.2. The Morgan fingerprint density at radius 1 is 0.667 bits per heavy atom. The van der Waals surface area contributed by atoms with Gasteiger partial charge in [-0.05, 0) is 13.3 Å². The molecule has 2 atom stereocenters. The summed E-state index contributed by atoms with van der Waals surface area (Å²) in [6, 6.07) is 0. The van der Waals surface area contributed by atoms with Crippen molar-refractivity contribution in [3.63, 3.8) is 0 Å². The Bertz CT molecular complexity index is 168. The first-order chi connectivity index (χ1) is 5.22. The average Bonchev–Trinajstić information content (AvgIpc) is 2.06. The molecule has 1 rings (SSSR count). The van der Waals surface area contributed by atoms with E-state index >= 15 is 0 Å². The summed E-state index contributed by atoms with van der Waals surface area (Å²) in [4.78, 5) is 0. The van der Waals surface area contributed by atoms with Gasteiger partial charge in [0.25, 0.3) is 0 Å². The molecule has 0 saturated carbocycles. The fraction of sp³-hybridized carbons (Fsp3) is 1.00. The van der Waals surface area contributed by atoms with Crippen LogP contribution in [-0.2, 0) is 0 Å². The molecule has 0 bridgehead atoms. The van der Waals surface area contributed by atoms with E-state index < -0.39 is 13.3 Å². The summed E-state index contributed by atoms with van der Waals surface area (Å²) in [5.41, 5.74) is 0. The van der Waals surface area contributed by atoms with E-state index in [9.17, 15) is 0 Å². The van der Waals surface area contributed by atoms with Crippen LogP contribution in [0.25, 0.3) is 0 Å². The van der Waals surface area contributed by atoms with Crippen LogP contribution in [0, 0.1) is 0 Å². The van der Waals surface area contributed by atoms with Crippen molar-refractivity contribution in [2.24, 2.45) is 0 Å². The SMILES string of the molecule is CP1P(C)[P+](C)(C)P(C)[P+]1(C)C. The zero-order valence-corrected chi connectivity index (χ0v) is 13.7. The van der Waals surface area contributed by atoms with Crippen molar-refractivity contribution in [2.45, 2.75) is 0 Å². The summed E-state index contributed by atoms with van der Waals surface area (Å²) >= 11 is 0. The van der Waals surface area contributed by atoms with Crippen LogP contribution in [0.5, 0.6) is 0 Å². The van der Waals surface area contributed by atoms with Crippen molar-refractivity contribution >= 4 is 35.2 Å². The van der Waals surface area contributed by atoms with Crippen LogP contribution in [-0.4, -0.2) is 46.7 Å². The molecule has 1 aliphatic rings. The molecule has 1 saturated heterocycles. The molecule has 0 radical (unpaired) electrons. The van der Waals surface area contributed by atoms with Gasteiger partial charge in [0.1, 0.15) is 14.6 Å². The maximum absolute atomic E-state index is 2.64. The van der Waals surface area contributed by atoms with Gasteiger partial charge in [0.15, 0.2) is 0 Å². The summed E-state index contributed by atoms with van der Waals surface area (Å²) in [7, 11) is 1.36. The Hall–Kier alpha value is 2.15. The number of hydrogen-bond donors (Lipinski definition) is 0. The van der Waals surface area contributed by atoms with Crippen LogP contribution in [0.4, 0.5) is 0 Å². The molecule has 2 unspecified atom stereocenters. The lowest BCUT2D eigenvalue weighted by molar-refractivity contribution is 2.22. The van der Waals surface area contributed by atoms with E-state index in [-0.39, 0.29) is 0 Å². The summed E-state index contributed by atoms with van der Waals surface area (Å²) in [5, 5.41) is 0. The van der Waals surface area contributed by atoms with Gasteiger partial charge in [-0.15, -0.1) is 0 Å². The van der Waals surface area contributed by atoms with Gasteiger partial charge in [-0.25, -0.2) is 0 Å². The van der Waals surface area contributed by atoms with E-state index in [1.165, 1.54) is 0 Å². The molecule has 0 spiro atoms. The van der Waals surface area contributed by atoms with E-state index in [0.29, 0.717) is 21.9 Å². The van der Waals surface area contributed by atoms with Crippen LogP contribution in [0.1, 0.15) is 0 Å². The smallest absolute Gasteiger partial charge is 0.00133 e. The quantitative estimate of drug-likeness (QED) is 0.507. The highest BCUT2D eigenvalue weighted by atomic mass is 33.0. The molecule has 0 aromatic rings. The van der Waals surface area contributed by atoms with Crippen molar-refractivity contribution < 1.29 is 0 Å². The normalized spacial score (nSPS) is 44.8. The Morgan fingerprint density at radius 3 is 1.00 bits per heavy atom. The van der Waals surface area contributed by atoms with Crippen molar-refractivity contribution in [1.82, 2.24) is 0 Å². The van der Waals surface area contributed by atoms with Crippen molar-refractivity contribution in [1.29, 1.82) is 0 Å². The van der Waals surface area contributed by atoms with Gasteiger partial charge < -0.3 is 0 Å². The molecular weight excluding hydrogens is 239 g/mol. The van der Waals surface area contributed by atoms with E-state index in [4.69, 9.17) is 0 Å². The van der Waals surface area contributed by atoms with Gasteiger partial charge in [0.05, 0.1) is 39.9 Å². The minimum atomic E-state index is -0.445. The predicted molar refractivity (Wildman–Crippen MR) is 76.1 cm³/mol. The second kappa shape index (κ2) is 3.62. The Kier molecular flexibility index (Phi) is 3.69. The van der Waals surface area contributed by atoms with Gasteiger partial charge in [-0.1, -0.05) is 0 Å². The maximum Gasteiger partial charge on any atom is 0.210 e. The van der Waals surface area contributed by atoms with E-state index in [1.54, 1.807) is 0 Å². The fourth-order valence-corrected chi connectivity index (χ4v) is 91.2. The summed E-state index contributed by atoms with van der Waals surface area (Å²) in [6.45, 7) is 17.5. The van der Waals surface area contributed by atoms with Crippen molar-refractivity contribution in [3.8, 4) is 0 Å². The third-order valence-corrected chi connectivity index (χ3v) is 66.2. The van der Waals surface area contributed by atoms with Gasteiger partial charge >= 0.3 is 0 Å². The van der Waals surface area contributed by atoms with Gasteiger partial charge in [0, 0.05) is 6.66 Å². The minimum absolute atomic E-state index is 0.445. The molecule has 72 valence electrons. The lowest BCUT2D eigenvalue weighted by Crippen LogP contribution is -1.76. The lowest BCUT2D eigenvalue weighted by Gasteiger charge is -2.18. The van der Waals surface area contributed by atoms with Crippen LogP contribution < -0.4 is 0 Å². The molecule has 1 heterocycles. The maximum atomic E-state index is 2.64. The molecule has 0 amide bonds. The Morgan fingerprint density at radius 2 is 0.917 bits per heavy atom. The van der Waals surface area contributed by atoms with Crippen molar-refractivity contribution in [3.05, 3.63) is 0 Å².